The normalized spacial score (nSPS) is 16.2. The van der Waals surface area contributed by atoms with Gasteiger partial charge in [-0.2, -0.15) is 4.31 Å². The Balaban J connectivity index is 1.74. The second-order valence-electron chi connectivity index (χ2n) is 7.27. The molecule has 3 rings (SSSR count). The highest BCUT2D eigenvalue weighted by atomic mass is 32.2. The second kappa shape index (κ2) is 8.54. The molecule has 6 nitrogen and oxygen atoms in total. The molecule has 1 fully saturated rings. The van der Waals surface area contributed by atoms with Crippen molar-refractivity contribution in [2.45, 2.75) is 37.6 Å². The summed E-state index contributed by atoms with van der Waals surface area (Å²) in [5.74, 6) is -2.27. The Hall–Kier alpha value is -2.39. The van der Waals surface area contributed by atoms with Gasteiger partial charge in [-0.3, -0.25) is 9.78 Å². The van der Waals surface area contributed by atoms with Gasteiger partial charge in [0.25, 0.3) is 0 Å². The monoisotopic (exact) mass is 423 g/mol. The first kappa shape index (κ1) is 21.3. The van der Waals surface area contributed by atoms with Crippen LogP contribution in [0, 0.1) is 17.6 Å². The molecule has 1 amide bonds. The molecule has 0 N–H and O–H groups in total. The number of piperidine rings is 1. The number of benzene rings is 1. The number of nitrogens with zero attached hydrogens (tertiary/aromatic N) is 3. The van der Waals surface area contributed by atoms with E-state index < -0.39 is 26.6 Å². The van der Waals surface area contributed by atoms with E-state index in [9.17, 15) is 22.0 Å². The van der Waals surface area contributed by atoms with Crippen LogP contribution < -0.4 is 4.90 Å². The lowest BCUT2D eigenvalue weighted by atomic mass is 9.95. The Bertz CT molecular complexity index is 976. The molecule has 156 valence electrons. The molecule has 0 bridgehead atoms. The van der Waals surface area contributed by atoms with Gasteiger partial charge in [-0.25, -0.2) is 17.2 Å². The van der Waals surface area contributed by atoms with Crippen molar-refractivity contribution < 1.29 is 22.0 Å². The van der Waals surface area contributed by atoms with E-state index >= 15 is 0 Å². The third-order valence-corrected chi connectivity index (χ3v) is 6.91. The largest absolute Gasteiger partial charge is 0.308 e. The van der Waals surface area contributed by atoms with Crippen LogP contribution in [0.5, 0.6) is 0 Å². The van der Waals surface area contributed by atoms with Gasteiger partial charge < -0.3 is 4.90 Å². The van der Waals surface area contributed by atoms with Gasteiger partial charge in [0.05, 0.1) is 11.9 Å². The summed E-state index contributed by atoms with van der Waals surface area (Å²) < 4.78 is 53.9. The predicted octanol–water partition coefficient (Wildman–Crippen LogP) is 3.20. The van der Waals surface area contributed by atoms with Gasteiger partial charge in [-0.15, -0.1) is 0 Å². The summed E-state index contributed by atoms with van der Waals surface area (Å²) in [6.07, 6.45) is 3.85. The minimum absolute atomic E-state index is 0.0632. The fourth-order valence-corrected chi connectivity index (χ4v) is 5.08. The number of rotatable bonds is 5. The molecule has 0 unspecified atom stereocenters. The van der Waals surface area contributed by atoms with Crippen molar-refractivity contribution in [2.24, 2.45) is 5.92 Å². The molecular weight excluding hydrogens is 400 g/mol. The number of pyridine rings is 1. The summed E-state index contributed by atoms with van der Waals surface area (Å²) in [6.45, 7) is 3.93. The van der Waals surface area contributed by atoms with Crippen LogP contribution in [0.4, 0.5) is 14.5 Å². The van der Waals surface area contributed by atoms with Crippen molar-refractivity contribution >= 4 is 21.6 Å². The van der Waals surface area contributed by atoms with Crippen LogP contribution in [-0.2, 0) is 14.8 Å². The summed E-state index contributed by atoms with van der Waals surface area (Å²) >= 11 is 0. The van der Waals surface area contributed by atoms with E-state index in [-0.39, 0.29) is 31.0 Å². The third kappa shape index (κ3) is 4.45. The third-order valence-electron chi connectivity index (χ3n) is 4.99. The van der Waals surface area contributed by atoms with Crippen molar-refractivity contribution in [1.82, 2.24) is 9.29 Å². The minimum atomic E-state index is -4.17. The molecule has 1 aromatic carbocycles. The zero-order valence-corrected chi connectivity index (χ0v) is 17.1. The zero-order valence-electron chi connectivity index (χ0n) is 16.3. The van der Waals surface area contributed by atoms with E-state index in [0.717, 1.165) is 16.4 Å². The van der Waals surface area contributed by atoms with Crippen LogP contribution >= 0.6 is 0 Å². The molecule has 2 aromatic rings. The van der Waals surface area contributed by atoms with Gasteiger partial charge in [-0.1, -0.05) is 0 Å². The number of hydrogen-bond donors (Lipinski definition) is 0. The fraction of sp³-hybridized carbons (Fsp3) is 0.400. The number of sulfonamides is 1. The van der Waals surface area contributed by atoms with Gasteiger partial charge in [-0.05, 0) is 57.0 Å². The lowest BCUT2D eigenvalue weighted by molar-refractivity contribution is -0.123. The van der Waals surface area contributed by atoms with Gasteiger partial charge in [0, 0.05) is 31.2 Å². The van der Waals surface area contributed by atoms with Crippen molar-refractivity contribution in [2.75, 3.05) is 18.0 Å². The summed E-state index contributed by atoms with van der Waals surface area (Å²) in [4.78, 5) is 18.1. The van der Waals surface area contributed by atoms with Gasteiger partial charge in [0.15, 0.2) is 0 Å². The Morgan fingerprint density at radius 1 is 1.21 bits per heavy atom. The molecule has 0 radical (unpaired) electrons. The smallest absolute Gasteiger partial charge is 0.246 e. The molecule has 29 heavy (non-hydrogen) atoms. The van der Waals surface area contributed by atoms with Crippen LogP contribution in [-0.4, -0.2) is 42.7 Å². The summed E-state index contributed by atoms with van der Waals surface area (Å²) in [5, 5.41) is 0. The molecule has 0 atom stereocenters. The molecular formula is C20H23F2N3O3S. The van der Waals surface area contributed by atoms with Gasteiger partial charge in [0.1, 0.15) is 16.5 Å². The highest BCUT2D eigenvalue weighted by Crippen LogP contribution is 2.28. The molecule has 1 aliphatic rings. The molecule has 9 heteroatoms. The van der Waals surface area contributed by atoms with Crippen LogP contribution in [0.2, 0.25) is 0 Å². The molecule has 1 aliphatic heterocycles. The quantitative estimate of drug-likeness (QED) is 0.741. The Morgan fingerprint density at radius 3 is 2.48 bits per heavy atom. The Labute approximate surface area is 169 Å². The van der Waals surface area contributed by atoms with Crippen LogP contribution in [0.25, 0.3) is 0 Å². The summed E-state index contributed by atoms with van der Waals surface area (Å²) in [7, 11) is -4.17. The van der Waals surface area contributed by atoms with E-state index in [1.807, 2.05) is 13.8 Å². The number of amides is 1. The topological polar surface area (TPSA) is 70.6 Å². The van der Waals surface area contributed by atoms with Crippen molar-refractivity contribution in [3.05, 3.63) is 54.4 Å². The molecule has 0 spiro atoms. The average molecular weight is 423 g/mol. The maximum Gasteiger partial charge on any atom is 0.246 e. The maximum atomic E-state index is 14.0. The van der Waals surface area contributed by atoms with Crippen LogP contribution in [0.1, 0.15) is 26.7 Å². The van der Waals surface area contributed by atoms with Crippen molar-refractivity contribution in [1.29, 1.82) is 0 Å². The minimum Gasteiger partial charge on any atom is -0.308 e. The molecule has 0 saturated carbocycles. The van der Waals surface area contributed by atoms with E-state index in [1.54, 1.807) is 29.4 Å². The van der Waals surface area contributed by atoms with Crippen molar-refractivity contribution in [3.63, 3.8) is 0 Å². The highest BCUT2D eigenvalue weighted by molar-refractivity contribution is 7.89. The Kier molecular flexibility index (Phi) is 6.28. The first-order valence-corrected chi connectivity index (χ1v) is 10.8. The molecule has 1 saturated heterocycles. The Morgan fingerprint density at radius 2 is 1.90 bits per heavy atom. The standard InChI is InChI=1S/C20H23F2N3O3S/c1-14(2)25(17-4-3-9-23-13-17)20(26)15-7-10-24(11-8-15)29(27,28)19-12-16(21)5-6-18(19)22/h3-6,9,12-15H,7-8,10-11H2,1-2H3. The number of anilines is 1. The summed E-state index contributed by atoms with van der Waals surface area (Å²) in [6, 6.07) is 5.82. The SMILES string of the molecule is CC(C)N(C(=O)C1CCN(S(=O)(=O)c2cc(F)ccc2F)CC1)c1cccnc1. The number of carbonyl (C=O) groups excluding carboxylic acids is 1. The van der Waals surface area contributed by atoms with E-state index in [0.29, 0.717) is 24.6 Å². The molecule has 0 aliphatic carbocycles. The maximum absolute atomic E-state index is 14.0. The van der Waals surface area contributed by atoms with E-state index in [4.69, 9.17) is 0 Å². The lowest BCUT2D eigenvalue weighted by Crippen LogP contribution is -2.46. The summed E-state index contributed by atoms with van der Waals surface area (Å²) in [5.41, 5.74) is 0.685. The second-order valence-corrected chi connectivity index (χ2v) is 9.17. The fourth-order valence-electron chi connectivity index (χ4n) is 3.53. The predicted molar refractivity (Wildman–Crippen MR) is 105 cm³/mol. The number of hydrogen-bond acceptors (Lipinski definition) is 4. The number of carbonyl (C=O) groups is 1. The molecule has 2 heterocycles. The zero-order chi connectivity index (χ0) is 21.2. The van der Waals surface area contributed by atoms with Crippen LogP contribution in [0.15, 0.2) is 47.6 Å². The van der Waals surface area contributed by atoms with E-state index in [1.165, 1.54) is 0 Å². The highest BCUT2D eigenvalue weighted by Gasteiger charge is 2.36. The van der Waals surface area contributed by atoms with Crippen molar-refractivity contribution in [3.8, 4) is 0 Å². The number of halogens is 2. The van der Waals surface area contributed by atoms with E-state index in [2.05, 4.69) is 4.98 Å². The number of aromatic nitrogens is 1. The van der Waals surface area contributed by atoms with Crippen LogP contribution in [0.3, 0.4) is 0 Å². The lowest BCUT2D eigenvalue weighted by Gasteiger charge is -2.35. The average Bonchev–Trinajstić information content (AvgIpc) is 2.70. The van der Waals surface area contributed by atoms with Gasteiger partial charge >= 0.3 is 0 Å². The van der Waals surface area contributed by atoms with Gasteiger partial charge in [0.2, 0.25) is 15.9 Å². The first-order chi connectivity index (χ1) is 13.7. The molecule has 1 aromatic heterocycles. The first-order valence-electron chi connectivity index (χ1n) is 9.40.